The second kappa shape index (κ2) is 16.1. The molecule has 0 saturated heterocycles. The molecule has 0 unspecified atom stereocenters. The van der Waals surface area contributed by atoms with E-state index in [4.69, 9.17) is 15.3 Å². The fourth-order valence-electron chi connectivity index (χ4n) is 3.30. The first kappa shape index (κ1) is 26.1. The van der Waals surface area contributed by atoms with Gasteiger partial charge in [-0.1, -0.05) is 38.3 Å². The van der Waals surface area contributed by atoms with Crippen LogP contribution in [0.4, 0.5) is 0 Å². The zero-order valence-corrected chi connectivity index (χ0v) is 17.3. The molecule has 0 fully saturated rings. The lowest BCUT2D eigenvalue weighted by Crippen LogP contribution is -2.52. The monoisotopic (exact) mass is 400 g/mol. The molecule has 0 aliphatic rings. The van der Waals surface area contributed by atoms with Crippen molar-refractivity contribution in [2.45, 2.75) is 77.6 Å². The van der Waals surface area contributed by atoms with Crippen LogP contribution in [0, 0.1) is 0 Å². The predicted molar refractivity (Wildman–Crippen MR) is 108 cm³/mol. The summed E-state index contributed by atoms with van der Waals surface area (Å²) in [4.78, 5) is 33.0. The fourth-order valence-corrected chi connectivity index (χ4v) is 3.30. The number of hydrogen-bond acceptors (Lipinski definition) is 3. The van der Waals surface area contributed by atoms with Gasteiger partial charge in [-0.3, -0.25) is 14.4 Å². The molecule has 28 heavy (non-hydrogen) atoms. The summed E-state index contributed by atoms with van der Waals surface area (Å²) < 4.78 is 0.242. The maximum absolute atomic E-state index is 11.0. The van der Waals surface area contributed by atoms with Crippen molar-refractivity contribution in [2.75, 3.05) is 26.2 Å². The zero-order chi connectivity index (χ0) is 21.3. The van der Waals surface area contributed by atoms with E-state index in [1.54, 1.807) is 0 Å². The molecule has 0 radical (unpaired) electrons. The fraction of sp³-hybridized carbons (Fsp3) is 0.762. The average Bonchev–Trinajstić information content (AvgIpc) is 2.63. The summed E-state index contributed by atoms with van der Waals surface area (Å²) in [6.07, 6.45) is 12.9. The Morgan fingerprint density at radius 1 is 0.643 bits per heavy atom. The van der Waals surface area contributed by atoms with Crippen molar-refractivity contribution in [2.24, 2.45) is 0 Å². The number of nitrogens with zero attached hydrogens (tertiary/aromatic N) is 1. The minimum atomic E-state index is -0.945. The van der Waals surface area contributed by atoms with Gasteiger partial charge in [0.15, 0.2) is 0 Å². The van der Waals surface area contributed by atoms with E-state index in [0.29, 0.717) is 6.54 Å². The third-order valence-electron chi connectivity index (χ3n) is 5.04. The van der Waals surface area contributed by atoms with Crippen LogP contribution in [0.25, 0.3) is 0 Å². The zero-order valence-electron chi connectivity index (χ0n) is 17.3. The van der Waals surface area contributed by atoms with Crippen molar-refractivity contribution in [1.29, 1.82) is 0 Å². The van der Waals surface area contributed by atoms with Gasteiger partial charge in [-0.15, -0.1) is 0 Å². The number of carboxylic acids is 3. The van der Waals surface area contributed by atoms with Gasteiger partial charge in [-0.25, -0.2) is 0 Å². The molecular formula is C21H38NO6+. The molecule has 0 aromatic carbocycles. The van der Waals surface area contributed by atoms with Gasteiger partial charge in [0.25, 0.3) is 0 Å². The Balaban J connectivity index is 4.57. The lowest BCUT2D eigenvalue weighted by atomic mass is 10.1. The molecule has 0 aromatic heterocycles. The molecule has 7 nitrogen and oxygen atoms in total. The van der Waals surface area contributed by atoms with Crippen molar-refractivity contribution < 1.29 is 34.2 Å². The standard InChI is InChI=1S/C21H37NO6/c1-2-3-4-5-6-7-8-9-10-11-15-22(16-12-19(23)24,17-13-20(25)26)18-14-21(27)28/h7-8H,2-6,9-18H2,1H3,(H2-,23,24,25,26,27,28)/p+1/b8-7+. The van der Waals surface area contributed by atoms with Crippen molar-refractivity contribution in [3.8, 4) is 0 Å². The topological polar surface area (TPSA) is 112 Å². The lowest BCUT2D eigenvalue weighted by molar-refractivity contribution is -0.927. The summed E-state index contributed by atoms with van der Waals surface area (Å²) in [6.45, 7) is 3.60. The molecule has 0 aliphatic carbocycles. The van der Waals surface area contributed by atoms with E-state index < -0.39 is 17.9 Å². The normalized spacial score (nSPS) is 11.8. The van der Waals surface area contributed by atoms with Crippen LogP contribution in [0.1, 0.15) is 77.6 Å². The van der Waals surface area contributed by atoms with Crippen LogP contribution < -0.4 is 0 Å². The highest BCUT2D eigenvalue weighted by Gasteiger charge is 2.29. The number of aliphatic carboxylic acids is 3. The van der Waals surface area contributed by atoms with Gasteiger partial charge in [0.05, 0.1) is 45.4 Å². The molecule has 0 amide bonds. The first-order valence-electron chi connectivity index (χ1n) is 10.5. The summed E-state index contributed by atoms with van der Waals surface area (Å²) in [5.74, 6) is -2.84. The number of allylic oxidation sites excluding steroid dienone is 2. The van der Waals surface area contributed by atoms with Gasteiger partial charge >= 0.3 is 17.9 Å². The molecule has 0 aromatic rings. The van der Waals surface area contributed by atoms with E-state index >= 15 is 0 Å². The summed E-state index contributed by atoms with van der Waals surface area (Å²) in [5, 5.41) is 27.1. The van der Waals surface area contributed by atoms with Crippen LogP contribution in [0.15, 0.2) is 12.2 Å². The first-order chi connectivity index (χ1) is 13.3. The Morgan fingerprint density at radius 2 is 1.07 bits per heavy atom. The Labute approximate surface area is 168 Å². The lowest BCUT2D eigenvalue weighted by Gasteiger charge is -2.38. The molecule has 0 saturated carbocycles. The van der Waals surface area contributed by atoms with Crippen LogP contribution in [0.2, 0.25) is 0 Å². The second-order valence-electron chi connectivity index (χ2n) is 7.48. The van der Waals surface area contributed by atoms with Crippen LogP contribution >= 0.6 is 0 Å². The molecule has 0 heterocycles. The highest BCUT2D eigenvalue weighted by Crippen LogP contribution is 2.15. The molecular weight excluding hydrogens is 362 g/mol. The van der Waals surface area contributed by atoms with E-state index in [9.17, 15) is 14.4 Å². The van der Waals surface area contributed by atoms with Gasteiger partial charge in [0.2, 0.25) is 0 Å². The number of quaternary nitrogens is 1. The van der Waals surface area contributed by atoms with E-state index in [0.717, 1.165) is 25.7 Å². The SMILES string of the molecule is CCCCCC/C=C/CCCC[N+](CCC(=O)O)(CCC(=O)O)CCC(=O)O. The van der Waals surface area contributed by atoms with Crippen molar-refractivity contribution >= 4 is 17.9 Å². The predicted octanol–water partition coefficient (Wildman–Crippen LogP) is 3.92. The highest BCUT2D eigenvalue weighted by atomic mass is 16.4. The quantitative estimate of drug-likeness (QED) is 0.172. The molecule has 0 aliphatic heterocycles. The van der Waals surface area contributed by atoms with E-state index in [-0.39, 0.29) is 43.4 Å². The molecule has 162 valence electrons. The van der Waals surface area contributed by atoms with Crippen LogP contribution in [-0.2, 0) is 14.4 Å². The van der Waals surface area contributed by atoms with E-state index in [2.05, 4.69) is 19.1 Å². The van der Waals surface area contributed by atoms with Crippen molar-refractivity contribution in [3.05, 3.63) is 12.2 Å². The Hall–Kier alpha value is -1.89. The largest absolute Gasteiger partial charge is 0.481 e. The Morgan fingerprint density at radius 3 is 1.46 bits per heavy atom. The minimum Gasteiger partial charge on any atom is -0.481 e. The summed E-state index contributed by atoms with van der Waals surface area (Å²) in [6, 6.07) is 0. The Kier molecular flexibility index (Phi) is 15.0. The second-order valence-corrected chi connectivity index (χ2v) is 7.48. The van der Waals surface area contributed by atoms with E-state index in [1.807, 2.05) is 0 Å². The number of rotatable bonds is 19. The number of carboxylic acid groups (broad SMARTS) is 3. The minimum absolute atomic E-state index is 0.0864. The van der Waals surface area contributed by atoms with Gasteiger partial charge in [-0.05, 0) is 32.1 Å². The van der Waals surface area contributed by atoms with Crippen LogP contribution in [0.3, 0.4) is 0 Å². The Bertz CT molecular complexity index is 444. The summed E-state index contributed by atoms with van der Waals surface area (Å²) in [7, 11) is 0. The molecule has 0 rings (SSSR count). The number of carbonyl (C=O) groups is 3. The molecule has 0 bridgehead atoms. The van der Waals surface area contributed by atoms with E-state index in [1.165, 1.54) is 25.7 Å². The van der Waals surface area contributed by atoms with Crippen molar-refractivity contribution in [1.82, 2.24) is 0 Å². The average molecular weight is 401 g/mol. The maximum atomic E-state index is 11.0. The highest BCUT2D eigenvalue weighted by molar-refractivity contribution is 5.67. The van der Waals surface area contributed by atoms with Gasteiger partial charge in [0, 0.05) is 0 Å². The first-order valence-corrected chi connectivity index (χ1v) is 10.5. The third kappa shape index (κ3) is 15.2. The molecule has 0 spiro atoms. The van der Waals surface area contributed by atoms with Gasteiger partial charge < -0.3 is 19.8 Å². The maximum Gasteiger partial charge on any atom is 0.309 e. The molecule has 7 heteroatoms. The van der Waals surface area contributed by atoms with Crippen molar-refractivity contribution in [3.63, 3.8) is 0 Å². The number of hydrogen-bond donors (Lipinski definition) is 3. The molecule has 0 atom stereocenters. The number of unbranched alkanes of at least 4 members (excludes halogenated alkanes) is 6. The van der Waals surface area contributed by atoms with Crippen LogP contribution in [0.5, 0.6) is 0 Å². The summed E-state index contributed by atoms with van der Waals surface area (Å²) in [5.41, 5.74) is 0. The molecule has 3 N–H and O–H groups in total. The summed E-state index contributed by atoms with van der Waals surface area (Å²) >= 11 is 0. The van der Waals surface area contributed by atoms with Gasteiger partial charge in [0.1, 0.15) is 0 Å². The third-order valence-corrected chi connectivity index (χ3v) is 5.04. The van der Waals surface area contributed by atoms with Crippen LogP contribution in [-0.4, -0.2) is 63.9 Å². The van der Waals surface area contributed by atoms with Gasteiger partial charge in [-0.2, -0.15) is 0 Å². The smallest absolute Gasteiger partial charge is 0.309 e.